The van der Waals surface area contributed by atoms with Crippen LogP contribution in [0.25, 0.3) is 11.5 Å². The van der Waals surface area contributed by atoms with Gasteiger partial charge >= 0.3 is 0 Å². The van der Waals surface area contributed by atoms with Crippen molar-refractivity contribution >= 4 is 21.8 Å². The number of hydrogen-bond donors (Lipinski definition) is 0. The zero-order valence-corrected chi connectivity index (χ0v) is 16.3. The van der Waals surface area contributed by atoms with Gasteiger partial charge in [-0.3, -0.25) is 9.69 Å². The molecule has 0 radical (unpaired) electrons. The number of aryl methyl sites for hydroxylation is 1. The van der Waals surface area contributed by atoms with E-state index in [0.29, 0.717) is 37.1 Å². The van der Waals surface area contributed by atoms with Crippen LogP contribution in [0.15, 0.2) is 43.7 Å². The molecule has 1 aliphatic heterocycles. The molecule has 0 unspecified atom stereocenters. The third kappa shape index (κ3) is 4.09. The van der Waals surface area contributed by atoms with E-state index in [0.717, 1.165) is 23.1 Å². The summed E-state index contributed by atoms with van der Waals surface area (Å²) >= 11 is 3.44. The molecule has 0 saturated carbocycles. The number of benzene rings is 1. The number of halogens is 1. The molecule has 8 nitrogen and oxygen atoms in total. The Bertz CT molecular complexity index is 946. The maximum Gasteiger partial charge on any atom is 0.292 e. The second kappa shape index (κ2) is 7.61. The molecular formula is C18H18BrN5O3. The van der Waals surface area contributed by atoms with Gasteiger partial charge in [-0.25, -0.2) is 0 Å². The maximum atomic E-state index is 12.4. The predicted molar refractivity (Wildman–Crippen MR) is 99.9 cm³/mol. The smallest absolute Gasteiger partial charge is 0.292 e. The molecule has 140 valence electrons. The van der Waals surface area contributed by atoms with Gasteiger partial charge in [0, 0.05) is 42.3 Å². The van der Waals surface area contributed by atoms with Crippen LogP contribution in [0.2, 0.25) is 0 Å². The first-order chi connectivity index (χ1) is 13.1. The predicted octanol–water partition coefficient (Wildman–Crippen LogP) is 2.75. The molecule has 3 heterocycles. The van der Waals surface area contributed by atoms with Crippen molar-refractivity contribution in [2.24, 2.45) is 0 Å². The van der Waals surface area contributed by atoms with Gasteiger partial charge < -0.3 is 13.8 Å². The summed E-state index contributed by atoms with van der Waals surface area (Å²) in [7, 11) is 0. The van der Waals surface area contributed by atoms with Crippen LogP contribution in [0.5, 0.6) is 0 Å². The van der Waals surface area contributed by atoms with Gasteiger partial charge in [-0.1, -0.05) is 27.2 Å². The number of aromatic nitrogens is 3. The Hall–Kier alpha value is -2.52. The van der Waals surface area contributed by atoms with E-state index in [4.69, 9.17) is 8.94 Å². The van der Waals surface area contributed by atoms with Crippen molar-refractivity contribution in [1.82, 2.24) is 25.2 Å². The Morgan fingerprint density at radius 3 is 2.70 bits per heavy atom. The molecule has 1 amide bonds. The largest absolute Gasteiger partial charge is 0.419 e. The molecule has 27 heavy (non-hydrogen) atoms. The van der Waals surface area contributed by atoms with E-state index >= 15 is 0 Å². The quantitative estimate of drug-likeness (QED) is 0.627. The average Bonchev–Trinajstić information content (AvgIpc) is 3.31. The molecule has 1 saturated heterocycles. The van der Waals surface area contributed by atoms with Crippen LogP contribution in [0.4, 0.5) is 0 Å². The lowest BCUT2D eigenvalue weighted by Gasteiger charge is -2.33. The van der Waals surface area contributed by atoms with E-state index in [-0.39, 0.29) is 11.7 Å². The third-order valence-electron chi connectivity index (χ3n) is 4.40. The van der Waals surface area contributed by atoms with E-state index < -0.39 is 0 Å². The standard InChI is InChI=1S/C18H18BrN5O3/c1-12-9-15(27-22-12)18(25)24-7-5-23(6-8-24)11-16-20-21-17(26-16)13-3-2-4-14(19)10-13/h2-4,9-10H,5-8,11H2,1H3. The molecular weight excluding hydrogens is 414 g/mol. The van der Waals surface area contributed by atoms with Crippen molar-refractivity contribution in [1.29, 1.82) is 0 Å². The summed E-state index contributed by atoms with van der Waals surface area (Å²) in [4.78, 5) is 16.4. The minimum Gasteiger partial charge on any atom is -0.419 e. The van der Waals surface area contributed by atoms with Gasteiger partial charge in [0.1, 0.15) is 0 Å². The van der Waals surface area contributed by atoms with Gasteiger partial charge in [-0.2, -0.15) is 0 Å². The van der Waals surface area contributed by atoms with Gasteiger partial charge in [-0.15, -0.1) is 10.2 Å². The summed E-state index contributed by atoms with van der Waals surface area (Å²) in [5, 5.41) is 12.0. The summed E-state index contributed by atoms with van der Waals surface area (Å²) in [5.74, 6) is 1.23. The fourth-order valence-corrected chi connectivity index (χ4v) is 3.38. The molecule has 0 N–H and O–H groups in total. The first-order valence-corrected chi connectivity index (χ1v) is 9.41. The van der Waals surface area contributed by atoms with Crippen molar-refractivity contribution in [2.45, 2.75) is 13.5 Å². The fraction of sp³-hybridized carbons (Fsp3) is 0.333. The van der Waals surface area contributed by atoms with Crippen LogP contribution in [0.3, 0.4) is 0 Å². The Morgan fingerprint density at radius 1 is 1.19 bits per heavy atom. The highest BCUT2D eigenvalue weighted by molar-refractivity contribution is 9.10. The molecule has 3 aromatic rings. The summed E-state index contributed by atoms with van der Waals surface area (Å²) < 4.78 is 11.8. The normalized spacial score (nSPS) is 15.3. The van der Waals surface area contributed by atoms with E-state index in [1.807, 2.05) is 24.3 Å². The topological polar surface area (TPSA) is 88.5 Å². The van der Waals surface area contributed by atoms with Gasteiger partial charge in [-0.05, 0) is 25.1 Å². The summed E-state index contributed by atoms with van der Waals surface area (Å²) in [6, 6.07) is 9.40. The van der Waals surface area contributed by atoms with Crippen LogP contribution in [-0.2, 0) is 6.54 Å². The molecule has 2 aromatic heterocycles. The Labute approximate surface area is 164 Å². The van der Waals surface area contributed by atoms with E-state index in [1.165, 1.54) is 0 Å². The van der Waals surface area contributed by atoms with E-state index in [9.17, 15) is 4.79 Å². The highest BCUT2D eigenvalue weighted by atomic mass is 79.9. The molecule has 4 rings (SSSR count). The van der Waals surface area contributed by atoms with Crippen LogP contribution in [-0.4, -0.2) is 57.2 Å². The first-order valence-electron chi connectivity index (χ1n) is 8.62. The van der Waals surface area contributed by atoms with E-state index in [2.05, 4.69) is 36.2 Å². The van der Waals surface area contributed by atoms with Crippen molar-refractivity contribution in [3.63, 3.8) is 0 Å². The number of rotatable bonds is 4. The molecule has 1 fully saturated rings. The van der Waals surface area contributed by atoms with Crippen molar-refractivity contribution < 1.29 is 13.7 Å². The van der Waals surface area contributed by atoms with Gasteiger partial charge in [0.2, 0.25) is 17.5 Å². The molecule has 0 spiro atoms. The summed E-state index contributed by atoms with van der Waals surface area (Å²) in [6.45, 7) is 5.05. The minimum atomic E-state index is -0.120. The van der Waals surface area contributed by atoms with Crippen molar-refractivity contribution in [3.8, 4) is 11.5 Å². The fourth-order valence-electron chi connectivity index (χ4n) is 2.98. The number of carbonyl (C=O) groups excluding carboxylic acids is 1. The van der Waals surface area contributed by atoms with Crippen LogP contribution < -0.4 is 0 Å². The molecule has 0 atom stereocenters. The number of hydrogen-bond acceptors (Lipinski definition) is 7. The maximum absolute atomic E-state index is 12.4. The SMILES string of the molecule is Cc1cc(C(=O)N2CCN(Cc3nnc(-c4cccc(Br)c4)o3)CC2)on1. The van der Waals surface area contributed by atoms with Gasteiger partial charge in [0.25, 0.3) is 5.91 Å². The highest BCUT2D eigenvalue weighted by Gasteiger charge is 2.25. The van der Waals surface area contributed by atoms with E-state index in [1.54, 1.807) is 17.9 Å². The number of carbonyl (C=O) groups is 1. The van der Waals surface area contributed by atoms with Crippen LogP contribution >= 0.6 is 15.9 Å². The second-order valence-electron chi connectivity index (χ2n) is 6.41. The lowest BCUT2D eigenvalue weighted by Crippen LogP contribution is -2.48. The molecule has 1 aromatic carbocycles. The Morgan fingerprint density at radius 2 is 2.00 bits per heavy atom. The second-order valence-corrected chi connectivity index (χ2v) is 7.33. The lowest BCUT2D eigenvalue weighted by molar-refractivity contribution is 0.0579. The lowest BCUT2D eigenvalue weighted by atomic mass is 10.2. The molecule has 0 aliphatic carbocycles. The molecule has 9 heteroatoms. The van der Waals surface area contributed by atoms with Crippen LogP contribution in [0.1, 0.15) is 22.1 Å². The average molecular weight is 432 g/mol. The number of nitrogens with zero attached hydrogens (tertiary/aromatic N) is 5. The monoisotopic (exact) mass is 431 g/mol. The molecule has 1 aliphatic rings. The van der Waals surface area contributed by atoms with Gasteiger partial charge in [0.15, 0.2) is 0 Å². The molecule has 0 bridgehead atoms. The van der Waals surface area contributed by atoms with Crippen molar-refractivity contribution in [2.75, 3.05) is 26.2 Å². The van der Waals surface area contributed by atoms with Crippen molar-refractivity contribution in [3.05, 3.63) is 52.1 Å². The summed E-state index contributed by atoms with van der Waals surface area (Å²) in [5.41, 5.74) is 1.58. The number of amides is 1. The van der Waals surface area contributed by atoms with Crippen LogP contribution in [0, 0.1) is 6.92 Å². The highest BCUT2D eigenvalue weighted by Crippen LogP contribution is 2.22. The number of piperazine rings is 1. The Balaban J connectivity index is 1.34. The minimum absolute atomic E-state index is 0.120. The first kappa shape index (κ1) is 17.9. The summed E-state index contributed by atoms with van der Waals surface area (Å²) in [6.07, 6.45) is 0. The zero-order chi connectivity index (χ0) is 18.8. The zero-order valence-electron chi connectivity index (χ0n) is 14.8. The Kier molecular flexibility index (Phi) is 5.04. The third-order valence-corrected chi connectivity index (χ3v) is 4.89. The van der Waals surface area contributed by atoms with Gasteiger partial charge in [0.05, 0.1) is 12.2 Å².